The Morgan fingerprint density at radius 2 is 1.78 bits per heavy atom. The largest absolute Gasteiger partial charge is 0.490 e. The van der Waals surface area contributed by atoms with E-state index in [1.807, 2.05) is 31.2 Å². The van der Waals surface area contributed by atoms with Gasteiger partial charge in [-0.2, -0.15) is 0 Å². The molecule has 1 unspecified atom stereocenters. The molecule has 0 spiro atoms. The van der Waals surface area contributed by atoms with Crippen LogP contribution in [0.3, 0.4) is 0 Å². The molecule has 0 fully saturated rings. The van der Waals surface area contributed by atoms with Crippen LogP contribution < -0.4 is 14.8 Å². The predicted molar refractivity (Wildman–Crippen MR) is 103 cm³/mol. The summed E-state index contributed by atoms with van der Waals surface area (Å²) in [6, 6.07) is 14.3. The quantitative estimate of drug-likeness (QED) is 0.615. The summed E-state index contributed by atoms with van der Waals surface area (Å²) in [7, 11) is 0. The van der Waals surface area contributed by atoms with Crippen molar-refractivity contribution in [2.75, 3.05) is 18.5 Å². The van der Waals surface area contributed by atoms with E-state index in [1.165, 1.54) is 0 Å². The molecular formula is C21H25NO5. The fourth-order valence-electron chi connectivity index (χ4n) is 2.51. The van der Waals surface area contributed by atoms with Crippen LogP contribution in [0.5, 0.6) is 11.5 Å². The Bertz CT molecular complexity index is 775. The maximum Gasteiger partial charge on any atom is 0.310 e. The molecule has 144 valence electrons. The molecule has 0 saturated carbocycles. The molecule has 2 rings (SSSR count). The van der Waals surface area contributed by atoms with Crippen LogP contribution in [0.25, 0.3) is 0 Å². The summed E-state index contributed by atoms with van der Waals surface area (Å²) in [4.78, 5) is 23.2. The lowest BCUT2D eigenvalue weighted by atomic mass is 10.0. The summed E-state index contributed by atoms with van der Waals surface area (Å²) in [5, 5.41) is 11.9. The topological polar surface area (TPSA) is 84.9 Å². The number of amides is 1. The second-order valence-electron chi connectivity index (χ2n) is 6.07. The molecule has 0 radical (unpaired) electrons. The Labute approximate surface area is 159 Å². The van der Waals surface area contributed by atoms with Crippen molar-refractivity contribution in [1.29, 1.82) is 0 Å². The molecule has 0 heterocycles. The standard InChI is InChI=1S/C21H25NO5/c1-3-26-18-10-4-5-11-19(18)27-13-7-12-20(23)22-17-9-6-8-16(14-17)15(2)21(24)25/h4-6,8-11,14-15H,3,7,12-13H2,1-2H3,(H,22,23)(H,24,25). The molecule has 0 saturated heterocycles. The molecule has 0 aliphatic heterocycles. The van der Waals surface area contributed by atoms with E-state index in [-0.39, 0.29) is 5.91 Å². The zero-order chi connectivity index (χ0) is 19.6. The molecule has 0 aliphatic rings. The molecular weight excluding hydrogens is 346 g/mol. The van der Waals surface area contributed by atoms with Gasteiger partial charge in [-0.3, -0.25) is 9.59 Å². The first-order valence-electron chi connectivity index (χ1n) is 8.98. The van der Waals surface area contributed by atoms with Crippen molar-refractivity contribution < 1.29 is 24.2 Å². The number of carboxylic acids is 1. The van der Waals surface area contributed by atoms with Gasteiger partial charge in [-0.15, -0.1) is 0 Å². The van der Waals surface area contributed by atoms with Gasteiger partial charge in [0.2, 0.25) is 5.91 Å². The zero-order valence-corrected chi connectivity index (χ0v) is 15.6. The minimum atomic E-state index is -0.900. The van der Waals surface area contributed by atoms with Crippen molar-refractivity contribution in [1.82, 2.24) is 0 Å². The van der Waals surface area contributed by atoms with Gasteiger partial charge in [0.1, 0.15) is 0 Å². The first-order valence-corrected chi connectivity index (χ1v) is 8.98. The third-order valence-electron chi connectivity index (χ3n) is 4.00. The highest BCUT2D eigenvalue weighted by atomic mass is 16.5. The van der Waals surface area contributed by atoms with Crippen molar-refractivity contribution >= 4 is 17.6 Å². The third-order valence-corrected chi connectivity index (χ3v) is 4.00. The number of aliphatic carboxylic acids is 1. The van der Waals surface area contributed by atoms with Crippen LogP contribution in [0.2, 0.25) is 0 Å². The van der Waals surface area contributed by atoms with Crippen LogP contribution in [-0.2, 0) is 9.59 Å². The molecule has 2 aromatic rings. The second-order valence-corrected chi connectivity index (χ2v) is 6.07. The Morgan fingerprint density at radius 1 is 1.07 bits per heavy atom. The van der Waals surface area contributed by atoms with Gasteiger partial charge in [-0.05, 0) is 50.1 Å². The summed E-state index contributed by atoms with van der Waals surface area (Å²) < 4.78 is 11.2. The summed E-state index contributed by atoms with van der Waals surface area (Å²) in [6.45, 7) is 4.48. The number of hydrogen-bond acceptors (Lipinski definition) is 4. The number of rotatable bonds is 10. The Morgan fingerprint density at radius 3 is 2.44 bits per heavy atom. The summed E-state index contributed by atoms with van der Waals surface area (Å²) in [6.07, 6.45) is 0.854. The number of anilines is 1. The van der Waals surface area contributed by atoms with E-state index in [1.54, 1.807) is 31.2 Å². The van der Waals surface area contributed by atoms with Crippen LogP contribution >= 0.6 is 0 Å². The highest BCUT2D eigenvalue weighted by molar-refractivity contribution is 5.91. The lowest BCUT2D eigenvalue weighted by Crippen LogP contribution is -2.14. The second kappa shape index (κ2) is 10.2. The number of hydrogen-bond donors (Lipinski definition) is 2. The molecule has 27 heavy (non-hydrogen) atoms. The van der Waals surface area contributed by atoms with E-state index in [2.05, 4.69) is 5.32 Å². The van der Waals surface area contributed by atoms with Crippen LogP contribution in [0.4, 0.5) is 5.69 Å². The average molecular weight is 371 g/mol. The Hall–Kier alpha value is -3.02. The van der Waals surface area contributed by atoms with Gasteiger partial charge in [0, 0.05) is 12.1 Å². The van der Waals surface area contributed by atoms with Crippen molar-refractivity contribution in [2.45, 2.75) is 32.6 Å². The van der Waals surface area contributed by atoms with Crippen molar-refractivity contribution in [3.63, 3.8) is 0 Å². The molecule has 6 nitrogen and oxygen atoms in total. The minimum Gasteiger partial charge on any atom is -0.490 e. The molecule has 0 bridgehead atoms. The monoisotopic (exact) mass is 371 g/mol. The van der Waals surface area contributed by atoms with E-state index in [0.29, 0.717) is 48.8 Å². The van der Waals surface area contributed by atoms with Crippen LogP contribution in [-0.4, -0.2) is 30.2 Å². The molecule has 1 atom stereocenters. The smallest absolute Gasteiger partial charge is 0.310 e. The first kappa shape index (κ1) is 20.3. The minimum absolute atomic E-state index is 0.142. The maximum absolute atomic E-state index is 12.1. The SMILES string of the molecule is CCOc1ccccc1OCCCC(=O)Nc1cccc(C(C)C(=O)O)c1. The number of para-hydroxylation sites is 2. The van der Waals surface area contributed by atoms with Crippen molar-refractivity contribution in [3.05, 3.63) is 54.1 Å². The van der Waals surface area contributed by atoms with E-state index in [0.717, 1.165) is 0 Å². The number of carbonyl (C=O) groups is 2. The van der Waals surface area contributed by atoms with Gasteiger partial charge < -0.3 is 19.9 Å². The molecule has 0 aliphatic carbocycles. The van der Waals surface area contributed by atoms with Gasteiger partial charge >= 0.3 is 5.97 Å². The van der Waals surface area contributed by atoms with E-state index < -0.39 is 11.9 Å². The molecule has 1 amide bonds. The van der Waals surface area contributed by atoms with Crippen LogP contribution in [0, 0.1) is 0 Å². The number of carbonyl (C=O) groups excluding carboxylic acids is 1. The van der Waals surface area contributed by atoms with E-state index in [9.17, 15) is 9.59 Å². The highest BCUT2D eigenvalue weighted by Gasteiger charge is 2.14. The van der Waals surface area contributed by atoms with Gasteiger partial charge in [0.15, 0.2) is 11.5 Å². The van der Waals surface area contributed by atoms with Crippen LogP contribution in [0.1, 0.15) is 38.2 Å². The zero-order valence-electron chi connectivity index (χ0n) is 15.6. The summed E-state index contributed by atoms with van der Waals surface area (Å²) in [5.74, 6) is -0.315. The average Bonchev–Trinajstić information content (AvgIpc) is 2.66. The van der Waals surface area contributed by atoms with Gasteiger partial charge in [-0.1, -0.05) is 24.3 Å². The van der Waals surface area contributed by atoms with Crippen LogP contribution in [0.15, 0.2) is 48.5 Å². The Balaban J connectivity index is 1.80. The molecule has 2 aromatic carbocycles. The number of benzene rings is 2. The van der Waals surface area contributed by atoms with E-state index >= 15 is 0 Å². The summed E-state index contributed by atoms with van der Waals surface area (Å²) in [5.41, 5.74) is 1.24. The lowest BCUT2D eigenvalue weighted by Gasteiger charge is -2.12. The van der Waals surface area contributed by atoms with Crippen molar-refractivity contribution in [2.24, 2.45) is 0 Å². The van der Waals surface area contributed by atoms with Gasteiger partial charge in [0.25, 0.3) is 0 Å². The fourth-order valence-corrected chi connectivity index (χ4v) is 2.51. The highest BCUT2D eigenvalue weighted by Crippen LogP contribution is 2.26. The first-order chi connectivity index (χ1) is 13.0. The normalized spacial score (nSPS) is 11.5. The van der Waals surface area contributed by atoms with Gasteiger partial charge in [-0.25, -0.2) is 0 Å². The molecule has 2 N–H and O–H groups in total. The summed E-state index contributed by atoms with van der Waals surface area (Å²) >= 11 is 0. The fraction of sp³-hybridized carbons (Fsp3) is 0.333. The van der Waals surface area contributed by atoms with E-state index in [4.69, 9.17) is 14.6 Å². The molecule has 6 heteroatoms. The number of nitrogens with one attached hydrogen (secondary N) is 1. The number of ether oxygens (including phenoxy) is 2. The Kier molecular flexibility index (Phi) is 7.67. The maximum atomic E-state index is 12.1. The third kappa shape index (κ3) is 6.33. The lowest BCUT2D eigenvalue weighted by molar-refractivity contribution is -0.138. The predicted octanol–water partition coefficient (Wildman–Crippen LogP) is 4.07. The van der Waals surface area contributed by atoms with Crippen molar-refractivity contribution in [3.8, 4) is 11.5 Å². The number of carboxylic acid groups (broad SMARTS) is 1. The van der Waals surface area contributed by atoms with Gasteiger partial charge in [0.05, 0.1) is 19.1 Å². The molecule has 0 aromatic heterocycles.